The number of anilines is 1. The molecule has 1 rings (SSSR count). The zero-order chi connectivity index (χ0) is 15.1. The zero-order valence-electron chi connectivity index (χ0n) is 11.8. The van der Waals surface area contributed by atoms with Gasteiger partial charge in [0.2, 0.25) is 0 Å². The van der Waals surface area contributed by atoms with E-state index in [-0.39, 0.29) is 5.92 Å². The molecule has 2 unspecified atom stereocenters. The van der Waals surface area contributed by atoms with Crippen LogP contribution in [0.15, 0.2) is 29.2 Å². The average Bonchev–Trinajstić information content (AvgIpc) is 2.43. The lowest BCUT2D eigenvalue weighted by Gasteiger charge is -2.20. The predicted octanol–water partition coefficient (Wildman–Crippen LogP) is 3.03. The molecule has 0 fully saturated rings. The van der Waals surface area contributed by atoms with E-state index in [1.807, 2.05) is 31.4 Å². The van der Waals surface area contributed by atoms with Gasteiger partial charge in [-0.15, -0.1) is 11.8 Å². The van der Waals surface area contributed by atoms with E-state index in [9.17, 15) is 9.59 Å². The highest BCUT2D eigenvalue weighted by Crippen LogP contribution is 2.19. The summed E-state index contributed by atoms with van der Waals surface area (Å²) >= 11 is 1.57. The first-order valence-corrected chi connectivity index (χ1v) is 7.64. The molecule has 2 amide bonds. The second-order valence-corrected chi connectivity index (χ2v) is 5.41. The van der Waals surface area contributed by atoms with Crippen LogP contribution in [0.3, 0.4) is 0 Å². The van der Waals surface area contributed by atoms with Crippen molar-refractivity contribution >= 4 is 29.4 Å². The normalized spacial score (nSPS) is 13.3. The highest BCUT2D eigenvalue weighted by Gasteiger charge is 2.25. The lowest BCUT2D eigenvalue weighted by atomic mass is 9.99. The monoisotopic (exact) mass is 296 g/mol. The largest absolute Gasteiger partial charge is 0.480 e. The molecule has 0 aliphatic heterocycles. The van der Waals surface area contributed by atoms with Gasteiger partial charge in [0, 0.05) is 10.6 Å². The summed E-state index contributed by atoms with van der Waals surface area (Å²) in [5.74, 6) is -1.15. The summed E-state index contributed by atoms with van der Waals surface area (Å²) in [6.07, 6.45) is 2.63. The smallest absolute Gasteiger partial charge is 0.326 e. The third-order valence-corrected chi connectivity index (χ3v) is 3.82. The number of carboxylic acids is 1. The van der Waals surface area contributed by atoms with Crippen molar-refractivity contribution in [3.05, 3.63) is 24.3 Å². The summed E-state index contributed by atoms with van der Waals surface area (Å²) < 4.78 is 0. The molecule has 0 aromatic heterocycles. The molecule has 0 saturated heterocycles. The number of hydrogen-bond donors (Lipinski definition) is 3. The van der Waals surface area contributed by atoms with Crippen molar-refractivity contribution < 1.29 is 14.7 Å². The van der Waals surface area contributed by atoms with Crippen LogP contribution in [0.2, 0.25) is 0 Å². The zero-order valence-corrected chi connectivity index (χ0v) is 12.7. The molecule has 0 heterocycles. The number of carbonyl (C=O) groups excluding carboxylic acids is 1. The molecule has 0 aliphatic carbocycles. The Morgan fingerprint density at radius 2 is 2.10 bits per heavy atom. The van der Waals surface area contributed by atoms with Crippen LogP contribution < -0.4 is 10.6 Å². The molecular weight excluding hydrogens is 276 g/mol. The Morgan fingerprint density at radius 1 is 1.40 bits per heavy atom. The molecular formula is C14H20N2O3S. The van der Waals surface area contributed by atoms with Crippen molar-refractivity contribution in [2.75, 3.05) is 11.6 Å². The first-order chi connectivity index (χ1) is 9.47. The van der Waals surface area contributed by atoms with Crippen LogP contribution in [0.5, 0.6) is 0 Å². The Hall–Kier alpha value is -1.69. The second kappa shape index (κ2) is 7.79. The van der Waals surface area contributed by atoms with Crippen LogP contribution >= 0.6 is 11.8 Å². The number of amides is 2. The molecule has 0 saturated carbocycles. The van der Waals surface area contributed by atoms with E-state index >= 15 is 0 Å². The van der Waals surface area contributed by atoms with E-state index in [1.165, 1.54) is 0 Å². The van der Waals surface area contributed by atoms with Crippen LogP contribution in [0, 0.1) is 5.92 Å². The number of carboxylic acid groups (broad SMARTS) is 1. The quantitative estimate of drug-likeness (QED) is 0.705. The van der Waals surface area contributed by atoms with Gasteiger partial charge in [0.15, 0.2) is 0 Å². The number of aliphatic carboxylic acids is 1. The number of benzene rings is 1. The minimum atomic E-state index is -1.02. The minimum absolute atomic E-state index is 0.129. The minimum Gasteiger partial charge on any atom is -0.480 e. The van der Waals surface area contributed by atoms with Gasteiger partial charge in [-0.05, 0) is 30.4 Å². The van der Waals surface area contributed by atoms with E-state index in [1.54, 1.807) is 24.8 Å². The third-order valence-electron chi connectivity index (χ3n) is 3.09. The van der Waals surface area contributed by atoms with E-state index in [0.717, 1.165) is 4.90 Å². The summed E-state index contributed by atoms with van der Waals surface area (Å²) in [4.78, 5) is 24.0. The summed E-state index contributed by atoms with van der Waals surface area (Å²) in [7, 11) is 0. The van der Waals surface area contributed by atoms with Gasteiger partial charge in [-0.1, -0.05) is 26.3 Å². The molecule has 1 aromatic rings. The molecule has 20 heavy (non-hydrogen) atoms. The highest BCUT2D eigenvalue weighted by atomic mass is 32.2. The van der Waals surface area contributed by atoms with Crippen molar-refractivity contribution in [3.63, 3.8) is 0 Å². The number of rotatable bonds is 6. The summed E-state index contributed by atoms with van der Waals surface area (Å²) in [6, 6.07) is 5.99. The number of thioether (sulfide) groups is 1. The number of urea groups is 1. The Labute approximate surface area is 123 Å². The maximum absolute atomic E-state index is 11.9. The molecule has 2 atom stereocenters. The van der Waals surface area contributed by atoms with Gasteiger partial charge in [-0.25, -0.2) is 9.59 Å². The maximum Gasteiger partial charge on any atom is 0.326 e. The number of nitrogens with one attached hydrogen (secondary N) is 2. The van der Waals surface area contributed by atoms with Gasteiger partial charge in [0.25, 0.3) is 0 Å². The van der Waals surface area contributed by atoms with Gasteiger partial charge in [-0.3, -0.25) is 0 Å². The summed E-state index contributed by atoms with van der Waals surface area (Å²) in [5.41, 5.74) is 0.641. The number of hydrogen-bond acceptors (Lipinski definition) is 3. The van der Waals surface area contributed by atoms with E-state index in [2.05, 4.69) is 10.6 Å². The fraction of sp³-hybridized carbons (Fsp3) is 0.429. The van der Waals surface area contributed by atoms with Crippen molar-refractivity contribution in [3.8, 4) is 0 Å². The first kappa shape index (κ1) is 16.4. The van der Waals surface area contributed by atoms with Crippen molar-refractivity contribution in [2.24, 2.45) is 5.92 Å². The van der Waals surface area contributed by atoms with Gasteiger partial charge in [0.05, 0.1) is 0 Å². The standard InChI is InChI=1S/C14H20N2O3S/c1-4-9(2)12(13(17)18)16-14(19)15-10-6-5-7-11(8-10)20-3/h5-9,12H,4H2,1-3H3,(H,17,18)(H2,15,16,19). The Morgan fingerprint density at radius 3 is 2.65 bits per heavy atom. The topological polar surface area (TPSA) is 78.4 Å². The van der Waals surface area contributed by atoms with Gasteiger partial charge in [-0.2, -0.15) is 0 Å². The predicted molar refractivity (Wildman–Crippen MR) is 81.3 cm³/mol. The van der Waals surface area contributed by atoms with Gasteiger partial charge >= 0.3 is 12.0 Å². The molecule has 6 heteroatoms. The fourth-order valence-corrected chi connectivity index (χ4v) is 2.15. The van der Waals surface area contributed by atoms with Crippen molar-refractivity contribution in [2.45, 2.75) is 31.2 Å². The van der Waals surface area contributed by atoms with Gasteiger partial charge < -0.3 is 15.7 Å². The highest BCUT2D eigenvalue weighted by molar-refractivity contribution is 7.98. The van der Waals surface area contributed by atoms with Crippen LogP contribution in [0.1, 0.15) is 20.3 Å². The molecule has 5 nitrogen and oxygen atoms in total. The third kappa shape index (κ3) is 4.77. The maximum atomic E-state index is 11.9. The van der Waals surface area contributed by atoms with Gasteiger partial charge in [0.1, 0.15) is 6.04 Å². The summed E-state index contributed by atoms with van der Waals surface area (Å²) in [6.45, 7) is 3.69. The molecule has 0 aliphatic rings. The van der Waals surface area contributed by atoms with Crippen LogP contribution in [0.25, 0.3) is 0 Å². The van der Waals surface area contributed by atoms with Crippen LogP contribution in [-0.2, 0) is 4.79 Å². The van der Waals surface area contributed by atoms with Crippen molar-refractivity contribution in [1.29, 1.82) is 0 Å². The van der Waals surface area contributed by atoms with Crippen molar-refractivity contribution in [1.82, 2.24) is 5.32 Å². The fourth-order valence-electron chi connectivity index (χ4n) is 1.69. The lowest BCUT2D eigenvalue weighted by molar-refractivity contribution is -0.140. The van der Waals surface area contributed by atoms with E-state index < -0.39 is 18.0 Å². The first-order valence-electron chi connectivity index (χ1n) is 6.42. The number of carbonyl (C=O) groups is 2. The Kier molecular flexibility index (Phi) is 6.38. The molecule has 110 valence electrons. The second-order valence-electron chi connectivity index (χ2n) is 4.53. The van der Waals surface area contributed by atoms with E-state index in [4.69, 9.17) is 5.11 Å². The Bertz CT molecular complexity index is 479. The molecule has 1 aromatic carbocycles. The average molecular weight is 296 g/mol. The van der Waals surface area contributed by atoms with Crippen LogP contribution in [0.4, 0.5) is 10.5 Å². The Balaban J connectivity index is 2.68. The molecule has 0 bridgehead atoms. The molecule has 3 N–H and O–H groups in total. The SMILES string of the molecule is CCC(C)C(NC(=O)Nc1cccc(SC)c1)C(=O)O. The van der Waals surface area contributed by atoms with E-state index in [0.29, 0.717) is 12.1 Å². The summed E-state index contributed by atoms with van der Waals surface area (Å²) in [5, 5.41) is 14.3. The van der Waals surface area contributed by atoms with Crippen LogP contribution in [-0.4, -0.2) is 29.4 Å². The molecule has 0 spiro atoms. The lowest BCUT2D eigenvalue weighted by Crippen LogP contribution is -2.46. The molecule has 0 radical (unpaired) electrons.